The number of carboxylic acid groups (broad SMARTS) is 1. The van der Waals surface area contributed by atoms with Crippen molar-refractivity contribution in [3.05, 3.63) is 16.3 Å². The van der Waals surface area contributed by atoms with E-state index in [4.69, 9.17) is 5.11 Å². The first-order valence-corrected chi connectivity index (χ1v) is 7.88. The molecule has 0 saturated carbocycles. The minimum Gasteiger partial charge on any atom is -0.477 e. The van der Waals surface area contributed by atoms with Gasteiger partial charge in [-0.25, -0.2) is 4.79 Å². The molecule has 1 aliphatic rings. The maximum atomic E-state index is 11.8. The van der Waals surface area contributed by atoms with Crippen molar-refractivity contribution in [1.29, 1.82) is 0 Å². The van der Waals surface area contributed by atoms with Crippen LogP contribution in [0.4, 0.5) is 5.69 Å². The Balaban J connectivity index is 1.90. The lowest BCUT2D eigenvalue weighted by atomic mass is 9.98. The summed E-state index contributed by atoms with van der Waals surface area (Å²) in [4.78, 5) is 23.0. The summed E-state index contributed by atoms with van der Waals surface area (Å²) < 4.78 is 0. The van der Waals surface area contributed by atoms with Gasteiger partial charge >= 0.3 is 5.97 Å². The predicted octanol–water partition coefficient (Wildman–Crippen LogP) is 2.92. The van der Waals surface area contributed by atoms with E-state index in [-0.39, 0.29) is 10.8 Å². The van der Waals surface area contributed by atoms with Crippen molar-refractivity contribution >= 4 is 40.7 Å². The second kappa shape index (κ2) is 6.24. The minimum absolute atomic E-state index is 0.0761. The summed E-state index contributed by atoms with van der Waals surface area (Å²) in [6.45, 7) is 0. The van der Waals surface area contributed by atoms with E-state index in [0.29, 0.717) is 18.0 Å². The summed E-state index contributed by atoms with van der Waals surface area (Å²) >= 11 is 3.06. The number of nitrogens with one attached hydrogen (secondary N) is 1. The zero-order valence-electron chi connectivity index (χ0n) is 9.85. The van der Waals surface area contributed by atoms with E-state index in [0.717, 1.165) is 35.7 Å². The lowest BCUT2D eigenvalue weighted by Gasteiger charge is -2.20. The molecule has 2 N–H and O–H groups in total. The van der Waals surface area contributed by atoms with Gasteiger partial charge in [0.1, 0.15) is 4.88 Å². The van der Waals surface area contributed by atoms with Crippen LogP contribution in [0, 0.1) is 5.92 Å². The van der Waals surface area contributed by atoms with E-state index in [9.17, 15) is 9.59 Å². The van der Waals surface area contributed by atoms with E-state index >= 15 is 0 Å². The van der Waals surface area contributed by atoms with Crippen LogP contribution in [0.25, 0.3) is 0 Å². The van der Waals surface area contributed by atoms with E-state index in [1.165, 1.54) is 0 Å². The Labute approximate surface area is 114 Å². The van der Waals surface area contributed by atoms with Gasteiger partial charge in [0.2, 0.25) is 5.91 Å². The number of thioether (sulfide) groups is 1. The van der Waals surface area contributed by atoms with Crippen molar-refractivity contribution in [2.75, 3.05) is 16.8 Å². The van der Waals surface area contributed by atoms with Crippen LogP contribution in [0.2, 0.25) is 0 Å². The zero-order valence-corrected chi connectivity index (χ0v) is 11.5. The SMILES string of the molecule is O=C(CC1CCSCC1)Nc1ccsc1C(=O)O. The van der Waals surface area contributed by atoms with Gasteiger partial charge in [-0.3, -0.25) is 4.79 Å². The molecule has 0 atom stereocenters. The molecule has 0 aromatic carbocycles. The average Bonchev–Trinajstić information content (AvgIpc) is 2.78. The van der Waals surface area contributed by atoms with Crippen LogP contribution < -0.4 is 5.32 Å². The molecule has 0 unspecified atom stereocenters. The normalized spacial score (nSPS) is 16.4. The van der Waals surface area contributed by atoms with Crippen LogP contribution >= 0.6 is 23.1 Å². The highest BCUT2D eigenvalue weighted by molar-refractivity contribution is 7.99. The van der Waals surface area contributed by atoms with E-state index in [2.05, 4.69) is 5.32 Å². The monoisotopic (exact) mass is 285 g/mol. The minimum atomic E-state index is -0.991. The fourth-order valence-electron chi connectivity index (χ4n) is 1.99. The Morgan fingerprint density at radius 1 is 1.39 bits per heavy atom. The molecular formula is C12H15NO3S2. The molecule has 18 heavy (non-hydrogen) atoms. The maximum Gasteiger partial charge on any atom is 0.348 e. The van der Waals surface area contributed by atoms with Crippen LogP contribution in [0.3, 0.4) is 0 Å². The number of carbonyl (C=O) groups excluding carboxylic acids is 1. The van der Waals surface area contributed by atoms with Crippen molar-refractivity contribution in [3.8, 4) is 0 Å². The molecule has 1 aromatic heterocycles. The Hall–Kier alpha value is -1.01. The maximum absolute atomic E-state index is 11.8. The molecule has 98 valence electrons. The summed E-state index contributed by atoms with van der Waals surface area (Å²) in [5, 5.41) is 13.3. The summed E-state index contributed by atoms with van der Waals surface area (Å²) in [6, 6.07) is 1.64. The standard InChI is InChI=1S/C12H15NO3S2/c14-10(7-8-1-4-17-5-2-8)13-9-3-6-18-11(9)12(15)16/h3,6,8H,1-2,4-5,7H2,(H,13,14)(H,15,16). The molecule has 2 rings (SSSR count). The van der Waals surface area contributed by atoms with Gasteiger partial charge in [0.15, 0.2) is 0 Å². The molecule has 1 amide bonds. The first-order chi connectivity index (χ1) is 8.66. The highest BCUT2D eigenvalue weighted by Gasteiger charge is 2.19. The summed E-state index contributed by atoms with van der Waals surface area (Å²) in [7, 11) is 0. The van der Waals surface area contributed by atoms with Crippen molar-refractivity contribution < 1.29 is 14.7 Å². The van der Waals surface area contributed by atoms with Crippen molar-refractivity contribution in [3.63, 3.8) is 0 Å². The average molecular weight is 285 g/mol. The molecule has 0 radical (unpaired) electrons. The molecule has 1 fully saturated rings. The predicted molar refractivity (Wildman–Crippen MR) is 74.6 cm³/mol. The van der Waals surface area contributed by atoms with Crippen molar-refractivity contribution in [2.45, 2.75) is 19.3 Å². The molecule has 0 spiro atoms. The second-order valence-electron chi connectivity index (χ2n) is 4.28. The smallest absolute Gasteiger partial charge is 0.348 e. The number of hydrogen-bond acceptors (Lipinski definition) is 4. The number of anilines is 1. The summed E-state index contributed by atoms with van der Waals surface area (Å²) in [5.41, 5.74) is 0.419. The van der Waals surface area contributed by atoms with Crippen LogP contribution in [0.1, 0.15) is 28.9 Å². The van der Waals surface area contributed by atoms with Gasteiger partial charge < -0.3 is 10.4 Å². The lowest BCUT2D eigenvalue weighted by molar-refractivity contribution is -0.117. The fourth-order valence-corrected chi connectivity index (χ4v) is 3.88. The fraction of sp³-hybridized carbons (Fsp3) is 0.500. The topological polar surface area (TPSA) is 66.4 Å². The quantitative estimate of drug-likeness (QED) is 0.892. The third-order valence-corrected chi connectivity index (χ3v) is 4.90. The van der Waals surface area contributed by atoms with Crippen LogP contribution in [0.5, 0.6) is 0 Å². The van der Waals surface area contributed by atoms with Gasteiger partial charge in [-0.05, 0) is 41.7 Å². The highest BCUT2D eigenvalue weighted by Crippen LogP contribution is 2.27. The second-order valence-corrected chi connectivity index (χ2v) is 6.42. The van der Waals surface area contributed by atoms with E-state index in [1.54, 1.807) is 11.4 Å². The van der Waals surface area contributed by atoms with Crippen molar-refractivity contribution in [1.82, 2.24) is 0 Å². The summed E-state index contributed by atoms with van der Waals surface area (Å²) in [5.74, 6) is 1.62. The largest absolute Gasteiger partial charge is 0.477 e. The molecule has 6 heteroatoms. The van der Waals surface area contributed by atoms with Gasteiger partial charge in [0, 0.05) is 6.42 Å². The van der Waals surface area contributed by atoms with Gasteiger partial charge in [0.25, 0.3) is 0 Å². The Bertz CT molecular complexity index is 438. The van der Waals surface area contributed by atoms with E-state index < -0.39 is 5.97 Å². The molecule has 2 heterocycles. The third-order valence-electron chi connectivity index (χ3n) is 2.95. The molecule has 1 saturated heterocycles. The lowest BCUT2D eigenvalue weighted by Crippen LogP contribution is -2.20. The summed E-state index contributed by atoms with van der Waals surface area (Å²) in [6.07, 6.45) is 2.65. The molecule has 1 aliphatic heterocycles. The molecule has 0 bridgehead atoms. The number of carboxylic acids is 1. The number of aromatic carboxylic acids is 1. The Kier molecular flexibility index (Phi) is 4.66. The van der Waals surface area contributed by atoms with Gasteiger partial charge in [-0.15, -0.1) is 11.3 Å². The number of carbonyl (C=O) groups is 2. The molecule has 1 aromatic rings. The first-order valence-electron chi connectivity index (χ1n) is 5.85. The number of amides is 1. The number of thiophene rings is 1. The number of hydrogen-bond donors (Lipinski definition) is 2. The zero-order chi connectivity index (χ0) is 13.0. The van der Waals surface area contributed by atoms with Crippen LogP contribution in [0.15, 0.2) is 11.4 Å². The van der Waals surface area contributed by atoms with Crippen LogP contribution in [-0.4, -0.2) is 28.5 Å². The van der Waals surface area contributed by atoms with Gasteiger partial charge in [-0.2, -0.15) is 11.8 Å². The van der Waals surface area contributed by atoms with Crippen molar-refractivity contribution in [2.24, 2.45) is 5.92 Å². The van der Waals surface area contributed by atoms with Gasteiger partial charge in [0.05, 0.1) is 5.69 Å². The molecule has 0 aliphatic carbocycles. The van der Waals surface area contributed by atoms with E-state index in [1.807, 2.05) is 11.8 Å². The molecular weight excluding hydrogens is 270 g/mol. The molecule has 4 nitrogen and oxygen atoms in total. The highest BCUT2D eigenvalue weighted by atomic mass is 32.2. The van der Waals surface area contributed by atoms with Crippen LogP contribution in [-0.2, 0) is 4.79 Å². The number of rotatable bonds is 4. The Morgan fingerprint density at radius 2 is 2.11 bits per heavy atom. The first kappa shape index (κ1) is 13.4. The van der Waals surface area contributed by atoms with Gasteiger partial charge in [-0.1, -0.05) is 0 Å². The third kappa shape index (κ3) is 3.49. The Morgan fingerprint density at radius 3 is 2.78 bits per heavy atom.